The lowest BCUT2D eigenvalue weighted by molar-refractivity contribution is 0.0252. The standard InChI is InChI=1S/C16H25NO2/c1-3-4-14-5-7-15(8-6-14)13(2)17-11-16(18)9-10-19-12-16/h5-8,13,17-18H,3-4,9-12H2,1-2H3. The first-order valence-corrected chi connectivity index (χ1v) is 7.25. The molecule has 2 unspecified atom stereocenters. The van der Waals surface area contributed by atoms with Gasteiger partial charge in [-0.3, -0.25) is 0 Å². The molecule has 0 amide bonds. The molecule has 1 heterocycles. The Morgan fingerprint density at radius 2 is 2.11 bits per heavy atom. The third-order valence-electron chi connectivity index (χ3n) is 3.84. The Kier molecular flexibility index (Phi) is 4.97. The first-order chi connectivity index (χ1) is 9.13. The quantitative estimate of drug-likeness (QED) is 0.828. The van der Waals surface area contributed by atoms with Gasteiger partial charge in [-0.05, 0) is 24.5 Å². The van der Waals surface area contributed by atoms with Gasteiger partial charge in [0.1, 0.15) is 5.60 Å². The van der Waals surface area contributed by atoms with Crippen LogP contribution in [0.1, 0.15) is 43.9 Å². The Balaban J connectivity index is 1.86. The summed E-state index contributed by atoms with van der Waals surface area (Å²) in [6, 6.07) is 9.00. The van der Waals surface area contributed by atoms with Gasteiger partial charge in [-0.25, -0.2) is 0 Å². The van der Waals surface area contributed by atoms with Gasteiger partial charge in [-0.15, -0.1) is 0 Å². The van der Waals surface area contributed by atoms with Crippen LogP contribution in [0.25, 0.3) is 0 Å². The summed E-state index contributed by atoms with van der Waals surface area (Å²) in [7, 11) is 0. The van der Waals surface area contributed by atoms with Crippen molar-refractivity contribution in [1.82, 2.24) is 5.32 Å². The molecule has 0 spiro atoms. The summed E-state index contributed by atoms with van der Waals surface area (Å²) >= 11 is 0. The second kappa shape index (κ2) is 6.51. The lowest BCUT2D eigenvalue weighted by Gasteiger charge is -2.24. The molecule has 2 rings (SSSR count). The van der Waals surface area contributed by atoms with E-state index in [0.717, 1.165) is 12.8 Å². The number of benzene rings is 1. The van der Waals surface area contributed by atoms with Gasteiger partial charge in [-0.1, -0.05) is 37.6 Å². The highest BCUT2D eigenvalue weighted by Crippen LogP contribution is 2.20. The lowest BCUT2D eigenvalue weighted by Crippen LogP contribution is -2.41. The molecule has 0 radical (unpaired) electrons. The van der Waals surface area contributed by atoms with E-state index < -0.39 is 5.60 Å². The number of ether oxygens (including phenoxy) is 1. The van der Waals surface area contributed by atoms with E-state index in [4.69, 9.17) is 4.74 Å². The fourth-order valence-electron chi connectivity index (χ4n) is 2.46. The molecule has 0 aliphatic carbocycles. The normalized spacial score (nSPS) is 24.6. The van der Waals surface area contributed by atoms with Crippen molar-refractivity contribution in [2.75, 3.05) is 19.8 Å². The van der Waals surface area contributed by atoms with E-state index >= 15 is 0 Å². The van der Waals surface area contributed by atoms with Crippen LogP contribution < -0.4 is 5.32 Å². The van der Waals surface area contributed by atoms with Gasteiger partial charge in [0.25, 0.3) is 0 Å². The summed E-state index contributed by atoms with van der Waals surface area (Å²) in [5, 5.41) is 13.6. The van der Waals surface area contributed by atoms with E-state index in [1.54, 1.807) is 0 Å². The van der Waals surface area contributed by atoms with Crippen molar-refractivity contribution in [2.45, 2.75) is 44.8 Å². The van der Waals surface area contributed by atoms with Crippen molar-refractivity contribution in [2.24, 2.45) is 0 Å². The molecule has 1 saturated heterocycles. The second-order valence-corrected chi connectivity index (χ2v) is 5.62. The zero-order valence-corrected chi connectivity index (χ0v) is 12.0. The Morgan fingerprint density at radius 3 is 2.68 bits per heavy atom. The van der Waals surface area contributed by atoms with Crippen molar-refractivity contribution in [3.05, 3.63) is 35.4 Å². The van der Waals surface area contributed by atoms with E-state index in [-0.39, 0.29) is 6.04 Å². The van der Waals surface area contributed by atoms with Gasteiger partial charge >= 0.3 is 0 Å². The molecule has 0 bridgehead atoms. The summed E-state index contributed by atoms with van der Waals surface area (Å²) in [4.78, 5) is 0. The van der Waals surface area contributed by atoms with E-state index in [2.05, 4.69) is 43.4 Å². The zero-order chi connectivity index (χ0) is 13.7. The van der Waals surface area contributed by atoms with Crippen molar-refractivity contribution in [1.29, 1.82) is 0 Å². The van der Waals surface area contributed by atoms with E-state index in [1.807, 2.05) is 0 Å². The number of nitrogens with one attached hydrogen (secondary N) is 1. The molecule has 1 aromatic carbocycles. The molecule has 2 N–H and O–H groups in total. The first-order valence-electron chi connectivity index (χ1n) is 7.25. The van der Waals surface area contributed by atoms with Crippen LogP contribution in [-0.2, 0) is 11.2 Å². The Morgan fingerprint density at radius 1 is 1.37 bits per heavy atom. The second-order valence-electron chi connectivity index (χ2n) is 5.62. The molecular formula is C16H25NO2. The minimum Gasteiger partial charge on any atom is -0.386 e. The van der Waals surface area contributed by atoms with Crippen LogP contribution in [0.2, 0.25) is 0 Å². The highest BCUT2D eigenvalue weighted by molar-refractivity contribution is 5.24. The smallest absolute Gasteiger partial charge is 0.103 e. The van der Waals surface area contributed by atoms with Crippen LogP contribution in [-0.4, -0.2) is 30.5 Å². The number of aryl methyl sites for hydroxylation is 1. The average Bonchev–Trinajstić information content (AvgIpc) is 2.85. The zero-order valence-electron chi connectivity index (χ0n) is 12.0. The molecular weight excluding hydrogens is 238 g/mol. The molecule has 3 heteroatoms. The maximum absolute atomic E-state index is 10.2. The van der Waals surface area contributed by atoms with Crippen LogP contribution >= 0.6 is 0 Å². The molecule has 106 valence electrons. The van der Waals surface area contributed by atoms with Gasteiger partial charge in [0, 0.05) is 25.6 Å². The Labute approximate surface area is 116 Å². The van der Waals surface area contributed by atoms with E-state index in [9.17, 15) is 5.11 Å². The molecule has 1 fully saturated rings. The summed E-state index contributed by atoms with van der Waals surface area (Å²) in [5.74, 6) is 0. The van der Waals surface area contributed by atoms with Crippen LogP contribution in [0.15, 0.2) is 24.3 Å². The SMILES string of the molecule is CCCc1ccc(C(C)NCC2(O)CCOC2)cc1. The average molecular weight is 263 g/mol. The number of hydrogen-bond acceptors (Lipinski definition) is 3. The lowest BCUT2D eigenvalue weighted by atomic mass is 10.0. The maximum atomic E-state index is 10.2. The van der Waals surface area contributed by atoms with Crippen LogP contribution in [0.5, 0.6) is 0 Å². The molecule has 0 aromatic heterocycles. The van der Waals surface area contributed by atoms with Gasteiger partial charge in [-0.2, -0.15) is 0 Å². The predicted octanol–water partition coefficient (Wildman–Crippen LogP) is 2.44. The fourth-order valence-corrected chi connectivity index (χ4v) is 2.46. The van der Waals surface area contributed by atoms with Gasteiger partial charge in [0.2, 0.25) is 0 Å². The highest BCUT2D eigenvalue weighted by Gasteiger charge is 2.32. The molecule has 19 heavy (non-hydrogen) atoms. The number of hydrogen-bond donors (Lipinski definition) is 2. The Bertz CT molecular complexity index is 382. The first kappa shape index (κ1) is 14.5. The van der Waals surface area contributed by atoms with Crippen LogP contribution in [0.3, 0.4) is 0 Å². The topological polar surface area (TPSA) is 41.5 Å². The van der Waals surface area contributed by atoms with Crippen molar-refractivity contribution < 1.29 is 9.84 Å². The maximum Gasteiger partial charge on any atom is 0.103 e. The fraction of sp³-hybridized carbons (Fsp3) is 0.625. The van der Waals surface area contributed by atoms with E-state index in [1.165, 1.54) is 17.5 Å². The molecule has 2 atom stereocenters. The third-order valence-corrected chi connectivity index (χ3v) is 3.84. The molecule has 0 saturated carbocycles. The van der Waals surface area contributed by atoms with Crippen LogP contribution in [0.4, 0.5) is 0 Å². The molecule has 3 nitrogen and oxygen atoms in total. The molecule has 1 aromatic rings. The molecule has 1 aliphatic rings. The van der Waals surface area contributed by atoms with Crippen molar-refractivity contribution in [3.63, 3.8) is 0 Å². The highest BCUT2D eigenvalue weighted by atomic mass is 16.5. The largest absolute Gasteiger partial charge is 0.386 e. The van der Waals surface area contributed by atoms with Crippen molar-refractivity contribution in [3.8, 4) is 0 Å². The summed E-state index contributed by atoms with van der Waals surface area (Å²) in [6.45, 7) is 6.03. The summed E-state index contributed by atoms with van der Waals surface area (Å²) in [5.41, 5.74) is 1.97. The monoisotopic (exact) mass is 263 g/mol. The number of aliphatic hydroxyl groups is 1. The minimum absolute atomic E-state index is 0.250. The molecule has 1 aliphatic heterocycles. The Hall–Kier alpha value is -0.900. The van der Waals surface area contributed by atoms with Gasteiger partial charge in [0.05, 0.1) is 6.61 Å². The van der Waals surface area contributed by atoms with Crippen LogP contribution in [0, 0.1) is 0 Å². The minimum atomic E-state index is -0.684. The van der Waals surface area contributed by atoms with Crippen molar-refractivity contribution >= 4 is 0 Å². The number of rotatable bonds is 6. The van der Waals surface area contributed by atoms with Gasteiger partial charge < -0.3 is 15.2 Å². The summed E-state index contributed by atoms with van der Waals surface area (Å²) in [6.07, 6.45) is 3.04. The summed E-state index contributed by atoms with van der Waals surface area (Å²) < 4.78 is 5.25. The predicted molar refractivity (Wildman–Crippen MR) is 77.2 cm³/mol. The van der Waals surface area contributed by atoms with E-state index in [0.29, 0.717) is 19.8 Å². The third kappa shape index (κ3) is 4.03. The van der Waals surface area contributed by atoms with Gasteiger partial charge in [0.15, 0.2) is 0 Å².